The molecule has 1 saturated carbocycles. The van der Waals surface area contributed by atoms with E-state index >= 15 is 0 Å². The van der Waals surface area contributed by atoms with E-state index in [9.17, 15) is 14.4 Å². The number of morpholine rings is 1. The van der Waals surface area contributed by atoms with Crippen LogP contribution in [0.4, 0.5) is 0 Å². The van der Waals surface area contributed by atoms with Gasteiger partial charge in [-0.2, -0.15) is 0 Å². The van der Waals surface area contributed by atoms with E-state index in [1.165, 1.54) is 0 Å². The zero-order valence-corrected chi connectivity index (χ0v) is 18.3. The molecule has 7 nitrogen and oxygen atoms in total. The lowest BCUT2D eigenvalue weighted by molar-refractivity contribution is -0.133. The summed E-state index contributed by atoms with van der Waals surface area (Å²) in [6.45, 7) is 3.52. The summed E-state index contributed by atoms with van der Waals surface area (Å²) in [7, 11) is 0. The molecule has 0 spiro atoms. The van der Waals surface area contributed by atoms with E-state index < -0.39 is 0 Å². The molecule has 3 heterocycles. The molecule has 0 atom stereocenters. The summed E-state index contributed by atoms with van der Waals surface area (Å²) >= 11 is 0. The molecule has 0 N–H and O–H groups in total. The minimum Gasteiger partial charge on any atom is -0.378 e. The largest absolute Gasteiger partial charge is 0.378 e. The van der Waals surface area contributed by atoms with Crippen molar-refractivity contribution in [1.29, 1.82) is 0 Å². The second kappa shape index (κ2) is 8.90. The maximum absolute atomic E-state index is 13.5. The fourth-order valence-electron chi connectivity index (χ4n) is 4.69. The third-order valence-electron chi connectivity index (χ3n) is 6.70. The average Bonchev–Trinajstić information content (AvgIpc) is 3.68. The summed E-state index contributed by atoms with van der Waals surface area (Å²) in [5.74, 6) is 0.166. The Hall–Kier alpha value is -2.93. The van der Waals surface area contributed by atoms with Crippen molar-refractivity contribution in [2.24, 2.45) is 5.92 Å². The Balaban J connectivity index is 1.49. The standard InChI is InChI=1S/C25H29N3O4/c29-23(19-6-7-19)27-11-9-21-20(16-27)17-28(10-8-18-4-2-1-3-5-18)25(31)22(21)24(30)26-12-14-32-15-13-26/h1-5,17,19H,6-16H2. The zero-order chi connectivity index (χ0) is 22.1. The van der Waals surface area contributed by atoms with Gasteiger partial charge in [-0.05, 0) is 42.4 Å². The first-order valence-corrected chi connectivity index (χ1v) is 11.6. The molecular formula is C25H29N3O4. The first-order valence-electron chi connectivity index (χ1n) is 11.6. The third-order valence-corrected chi connectivity index (χ3v) is 6.70. The summed E-state index contributed by atoms with van der Waals surface area (Å²) in [5.41, 5.74) is 2.95. The normalized spacial score (nSPS) is 18.4. The van der Waals surface area contributed by atoms with Crippen LogP contribution in [0.25, 0.3) is 0 Å². The Kier molecular flexibility index (Phi) is 5.83. The summed E-state index contributed by atoms with van der Waals surface area (Å²) in [4.78, 5) is 43.2. The molecule has 3 aliphatic rings. The van der Waals surface area contributed by atoms with E-state index in [1.807, 2.05) is 41.4 Å². The van der Waals surface area contributed by atoms with Crippen LogP contribution in [0.3, 0.4) is 0 Å². The molecule has 1 saturated heterocycles. The second-order valence-corrected chi connectivity index (χ2v) is 8.93. The maximum Gasteiger partial charge on any atom is 0.263 e. The van der Waals surface area contributed by atoms with E-state index in [4.69, 9.17) is 4.74 Å². The molecule has 32 heavy (non-hydrogen) atoms. The Morgan fingerprint density at radius 1 is 1.00 bits per heavy atom. The highest BCUT2D eigenvalue weighted by molar-refractivity contribution is 5.96. The molecule has 1 aliphatic carbocycles. The number of aromatic nitrogens is 1. The highest BCUT2D eigenvalue weighted by atomic mass is 16.5. The highest BCUT2D eigenvalue weighted by Gasteiger charge is 2.36. The van der Waals surface area contributed by atoms with Crippen molar-refractivity contribution >= 4 is 11.8 Å². The first kappa shape index (κ1) is 20.9. The number of nitrogens with zero attached hydrogens (tertiary/aromatic N) is 3. The lowest BCUT2D eigenvalue weighted by Crippen LogP contribution is -2.46. The van der Waals surface area contributed by atoms with Crippen LogP contribution in [-0.2, 0) is 35.5 Å². The summed E-state index contributed by atoms with van der Waals surface area (Å²) < 4.78 is 7.06. The number of carbonyl (C=O) groups is 2. The van der Waals surface area contributed by atoms with Crippen LogP contribution >= 0.6 is 0 Å². The third kappa shape index (κ3) is 4.21. The number of rotatable bonds is 5. The fraction of sp³-hybridized carbons (Fsp3) is 0.480. The average molecular weight is 436 g/mol. The molecule has 168 valence electrons. The van der Waals surface area contributed by atoms with Crippen molar-refractivity contribution in [2.75, 3.05) is 32.8 Å². The molecule has 2 amide bonds. The summed E-state index contributed by atoms with van der Waals surface area (Å²) in [6, 6.07) is 10.0. The SMILES string of the molecule is O=C(c1c2c(cn(CCc3ccccc3)c1=O)CN(C(=O)C1CC1)CC2)N1CCOCC1. The molecule has 1 aromatic carbocycles. The molecule has 1 aromatic heterocycles. The molecule has 5 rings (SSSR count). The van der Waals surface area contributed by atoms with Gasteiger partial charge in [0.25, 0.3) is 11.5 Å². The van der Waals surface area contributed by atoms with Gasteiger partial charge < -0.3 is 19.1 Å². The quantitative estimate of drug-likeness (QED) is 0.719. The predicted octanol–water partition coefficient (Wildman–Crippen LogP) is 1.86. The Morgan fingerprint density at radius 2 is 1.75 bits per heavy atom. The predicted molar refractivity (Wildman–Crippen MR) is 119 cm³/mol. The lowest BCUT2D eigenvalue weighted by Gasteiger charge is -2.32. The van der Waals surface area contributed by atoms with Crippen LogP contribution in [0, 0.1) is 5.92 Å². The van der Waals surface area contributed by atoms with Crippen LogP contribution in [0.15, 0.2) is 41.3 Å². The number of pyridine rings is 1. The number of benzene rings is 1. The second-order valence-electron chi connectivity index (χ2n) is 8.93. The van der Waals surface area contributed by atoms with E-state index in [-0.39, 0.29) is 28.9 Å². The topological polar surface area (TPSA) is 71.9 Å². The monoisotopic (exact) mass is 435 g/mol. The van der Waals surface area contributed by atoms with Gasteiger partial charge >= 0.3 is 0 Å². The van der Waals surface area contributed by atoms with E-state index in [1.54, 1.807) is 9.47 Å². The van der Waals surface area contributed by atoms with Crippen molar-refractivity contribution in [3.8, 4) is 0 Å². The van der Waals surface area contributed by atoms with Gasteiger partial charge in [0.1, 0.15) is 5.56 Å². The van der Waals surface area contributed by atoms with Crippen LogP contribution in [0.1, 0.15) is 39.9 Å². The lowest BCUT2D eigenvalue weighted by atomic mass is 9.95. The minimum atomic E-state index is -0.224. The van der Waals surface area contributed by atoms with Crippen LogP contribution < -0.4 is 5.56 Å². The first-order chi connectivity index (χ1) is 15.6. The van der Waals surface area contributed by atoms with E-state index in [2.05, 4.69) is 0 Å². The van der Waals surface area contributed by atoms with Gasteiger partial charge in [0.15, 0.2) is 0 Å². The number of carbonyl (C=O) groups excluding carboxylic acids is 2. The number of aryl methyl sites for hydroxylation is 2. The van der Waals surface area contributed by atoms with Gasteiger partial charge in [0, 0.05) is 44.8 Å². The number of amides is 2. The maximum atomic E-state index is 13.5. The van der Waals surface area contributed by atoms with Gasteiger partial charge in [-0.3, -0.25) is 14.4 Å². The van der Waals surface area contributed by atoms with Crippen LogP contribution in [0.5, 0.6) is 0 Å². The van der Waals surface area contributed by atoms with Gasteiger partial charge in [-0.15, -0.1) is 0 Å². The zero-order valence-electron chi connectivity index (χ0n) is 18.3. The van der Waals surface area contributed by atoms with Gasteiger partial charge in [0.05, 0.1) is 13.2 Å². The Labute approximate surface area is 187 Å². The van der Waals surface area contributed by atoms with Crippen molar-refractivity contribution in [2.45, 2.75) is 38.8 Å². The number of fused-ring (bicyclic) bond motifs is 1. The van der Waals surface area contributed by atoms with E-state index in [0.29, 0.717) is 58.8 Å². The minimum absolute atomic E-state index is 0.162. The Bertz CT molecular complexity index is 1070. The molecular weight excluding hydrogens is 406 g/mol. The number of hydrogen-bond donors (Lipinski definition) is 0. The van der Waals surface area contributed by atoms with Gasteiger partial charge in [-0.25, -0.2) is 0 Å². The van der Waals surface area contributed by atoms with Crippen molar-refractivity contribution < 1.29 is 14.3 Å². The highest BCUT2D eigenvalue weighted by Crippen LogP contribution is 2.33. The summed E-state index contributed by atoms with van der Waals surface area (Å²) in [6.07, 6.45) is 5.07. The Morgan fingerprint density at radius 3 is 2.47 bits per heavy atom. The molecule has 0 radical (unpaired) electrons. The van der Waals surface area contributed by atoms with Crippen LogP contribution in [0.2, 0.25) is 0 Å². The van der Waals surface area contributed by atoms with E-state index in [0.717, 1.165) is 29.5 Å². The van der Waals surface area contributed by atoms with Crippen molar-refractivity contribution in [3.05, 3.63) is 69.1 Å². The molecule has 0 unspecified atom stereocenters. The summed E-state index contributed by atoms with van der Waals surface area (Å²) in [5, 5.41) is 0. The molecule has 2 aromatic rings. The van der Waals surface area contributed by atoms with Gasteiger partial charge in [0.2, 0.25) is 5.91 Å². The number of hydrogen-bond acceptors (Lipinski definition) is 4. The van der Waals surface area contributed by atoms with Crippen molar-refractivity contribution in [3.63, 3.8) is 0 Å². The number of ether oxygens (including phenoxy) is 1. The van der Waals surface area contributed by atoms with Gasteiger partial charge in [-0.1, -0.05) is 30.3 Å². The molecule has 2 aliphatic heterocycles. The smallest absolute Gasteiger partial charge is 0.263 e. The molecule has 7 heteroatoms. The fourth-order valence-corrected chi connectivity index (χ4v) is 4.69. The van der Waals surface area contributed by atoms with Crippen LogP contribution in [-0.4, -0.2) is 59.0 Å². The molecule has 0 bridgehead atoms. The molecule has 2 fully saturated rings. The van der Waals surface area contributed by atoms with Crippen molar-refractivity contribution in [1.82, 2.24) is 14.4 Å².